The molecule has 1 aliphatic carbocycles. The molecular weight excluding hydrogens is 330 g/mol. The monoisotopic (exact) mass is 347 g/mol. The number of aryl methyl sites for hydroxylation is 2. The summed E-state index contributed by atoms with van der Waals surface area (Å²) in [5, 5.41) is 14.3. The normalized spacial score (nSPS) is 26.2. The first kappa shape index (κ1) is 17.1. The van der Waals surface area contributed by atoms with Gasteiger partial charge in [-0.05, 0) is 56.0 Å². The lowest BCUT2D eigenvalue weighted by atomic mass is 10.1. The lowest BCUT2D eigenvalue weighted by Gasteiger charge is -2.11. The third-order valence-electron chi connectivity index (χ3n) is 4.44. The Morgan fingerprint density at radius 1 is 1.23 bits per heavy atom. The molecule has 1 heterocycles. The zero-order valence-electron chi connectivity index (χ0n) is 12.2. The van der Waals surface area contributed by atoms with Gasteiger partial charge in [-0.2, -0.15) is 0 Å². The van der Waals surface area contributed by atoms with E-state index < -0.39 is 14.9 Å². The van der Waals surface area contributed by atoms with Gasteiger partial charge in [0.25, 0.3) is 5.69 Å². The summed E-state index contributed by atoms with van der Waals surface area (Å²) in [5.41, 5.74) is 1.06. The lowest BCUT2D eigenvalue weighted by molar-refractivity contribution is -0.387. The summed E-state index contributed by atoms with van der Waals surface area (Å²) in [7, 11) is -3.87. The van der Waals surface area contributed by atoms with Gasteiger partial charge in [0.1, 0.15) is 0 Å². The molecule has 1 saturated carbocycles. The summed E-state index contributed by atoms with van der Waals surface area (Å²) in [6.07, 6.45) is 0. The average molecular weight is 348 g/mol. The highest BCUT2D eigenvalue weighted by molar-refractivity contribution is 7.89. The number of halogens is 1. The number of nitrogens with one attached hydrogen (secondary N) is 2. The number of piperidine rings is 1. The Bertz CT molecular complexity index is 712. The number of nitrogens with zero attached hydrogens (tertiary/aromatic N) is 1. The largest absolute Gasteiger partial charge is 0.316 e. The predicted octanol–water partition coefficient (Wildman–Crippen LogP) is 1.13. The van der Waals surface area contributed by atoms with Gasteiger partial charge in [0.15, 0.2) is 4.90 Å². The number of hydrogen-bond acceptors (Lipinski definition) is 5. The van der Waals surface area contributed by atoms with Gasteiger partial charge >= 0.3 is 0 Å². The van der Waals surface area contributed by atoms with Gasteiger partial charge in [-0.25, -0.2) is 13.1 Å². The van der Waals surface area contributed by atoms with Gasteiger partial charge in [-0.1, -0.05) is 0 Å². The molecule has 0 amide bonds. The van der Waals surface area contributed by atoms with Gasteiger partial charge < -0.3 is 5.32 Å². The summed E-state index contributed by atoms with van der Waals surface area (Å²) in [6.45, 7) is 5.07. The molecule has 0 aromatic heterocycles. The quantitative estimate of drug-likeness (QED) is 0.628. The molecule has 122 valence electrons. The Balaban J connectivity index is 0.00000176. The van der Waals surface area contributed by atoms with E-state index in [1.165, 1.54) is 12.1 Å². The molecule has 2 unspecified atom stereocenters. The van der Waals surface area contributed by atoms with Crippen LogP contribution < -0.4 is 10.0 Å². The first-order valence-corrected chi connectivity index (χ1v) is 8.28. The van der Waals surface area contributed by atoms with E-state index in [0.717, 1.165) is 18.7 Å². The summed E-state index contributed by atoms with van der Waals surface area (Å²) < 4.78 is 27.6. The van der Waals surface area contributed by atoms with Gasteiger partial charge in [-0.15, -0.1) is 12.4 Å². The van der Waals surface area contributed by atoms with E-state index in [-0.39, 0.29) is 29.0 Å². The lowest BCUT2D eigenvalue weighted by Crippen LogP contribution is -2.33. The molecule has 1 aliphatic heterocycles. The highest BCUT2D eigenvalue weighted by Gasteiger charge is 2.54. The molecule has 9 heteroatoms. The van der Waals surface area contributed by atoms with Crippen molar-refractivity contribution in [3.8, 4) is 0 Å². The van der Waals surface area contributed by atoms with Crippen LogP contribution in [0.15, 0.2) is 17.0 Å². The first-order chi connectivity index (χ1) is 9.81. The molecule has 1 aromatic carbocycles. The molecule has 2 atom stereocenters. The van der Waals surface area contributed by atoms with E-state index in [1.807, 2.05) is 0 Å². The maximum absolute atomic E-state index is 12.5. The molecule has 2 fully saturated rings. The number of sulfonamides is 1. The van der Waals surface area contributed by atoms with Gasteiger partial charge in [0, 0.05) is 12.1 Å². The van der Waals surface area contributed by atoms with Crippen LogP contribution in [0, 0.1) is 35.8 Å². The molecule has 2 aliphatic rings. The fraction of sp³-hybridized carbons (Fsp3) is 0.538. The second-order valence-corrected chi connectivity index (χ2v) is 7.48. The first-order valence-electron chi connectivity index (χ1n) is 6.80. The van der Waals surface area contributed by atoms with E-state index >= 15 is 0 Å². The SMILES string of the molecule is Cc1cc([N+](=O)[O-])c(S(=O)(=O)NC2C3CNCC32)cc1C.Cl. The number of hydrogen-bond donors (Lipinski definition) is 2. The molecule has 1 aromatic rings. The minimum absolute atomic E-state index is 0. The number of nitro groups is 1. The zero-order chi connectivity index (χ0) is 15.4. The molecule has 7 nitrogen and oxygen atoms in total. The fourth-order valence-corrected chi connectivity index (χ4v) is 4.54. The van der Waals surface area contributed by atoms with Crippen molar-refractivity contribution >= 4 is 28.1 Å². The van der Waals surface area contributed by atoms with Crippen LogP contribution in [-0.4, -0.2) is 32.5 Å². The second-order valence-electron chi connectivity index (χ2n) is 5.79. The van der Waals surface area contributed by atoms with E-state index in [9.17, 15) is 18.5 Å². The van der Waals surface area contributed by atoms with Crippen LogP contribution in [-0.2, 0) is 10.0 Å². The van der Waals surface area contributed by atoms with Crippen LogP contribution in [0.4, 0.5) is 5.69 Å². The van der Waals surface area contributed by atoms with E-state index in [1.54, 1.807) is 13.8 Å². The Morgan fingerprint density at radius 3 is 2.32 bits per heavy atom. The Hall–Kier alpha value is -1.22. The zero-order valence-corrected chi connectivity index (χ0v) is 13.8. The minimum atomic E-state index is -3.87. The molecular formula is C13H18ClN3O4S. The van der Waals surface area contributed by atoms with Crippen LogP contribution >= 0.6 is 12.4 Å². The Kier molecular flexibility index (Phi) is 4.49. The Morgan fingerprint density at radius 2 is 1.77 bits per heavy atom. The highest BCUT2D eigenvalue weighted by atomic mass is 35.5. The number of nitro benzene ring substituents is 1. The van der Waals surface area contributed by atoms with E-state index in [2.05, 4.69) is 10.0 Å². The highest BCUT2D eigenvalue weighted by Crippen LogP contribution is 2.42. The van der Waals surface area contributed by atoms with Crippen LogP contribution in [0.5, 0.6) is 0 Å². The van der Waals surface area contributed by atoms with Crippen molar-refractivity contribution in [2.24, 2.45) is 11.8 Å². The van der Waals surface area contributed by atoms with Gasteiger partial charge in [0.2, 0.25) is 10.0 Å². The van der Waals surface area contributed by atoms with Crippen molar-refractivity contribution < 1.29 is 13.3 Å². The van der Waals surface area contributed by atoms with Crippen molar-refractivity contribution in [1.82, 2.24) is 10.0 Å². The average Bonchev–Trinajstić information content (AvgIpc) is 2.85. The van der Waals surface area contributed by atoms with Crippen molar-refractivity contribution in [2.45, 2.75) is 24.8 Å². The van der Waals surface area contributed by atoms with Crippen LogP contribution in [0.1, 0.15) is 11.1 Å². The molecule has 3 rings (SSSR count). The van der Waals surface area contributed by atoms with Crippen LogP contribution in [0.25, 0.3) is 0 Å². The number of fused-ring (bicyclic) bond motifs is 1. The van der Waals surface area contributed by atoms with Crippen molar-refractivity contribution in [3.05, 3.63) is 33.4 Å². The molecule has 0 radical (unpaired) electrons. The fourth-order valence-electron chi connectivity index (χ4n) is 2.97. The smallest absolute Gasteiger partial charge is 0.289 e. The van der Waals surface area contributed by atoms with E-state index in [0.29, 0.717) is 17.4 Å². The Labute approximate surface area is 135 Å². The third kappa shape index (κ3) is 2.83. The van der Waals surface area contributed by atoms with Crippen molar-refractivity contribution in [2.75, 3.05) is 13.1 Å². The second kappa shape index (κ2) is 5.77. The van der Waals surface area contributed by atoms with Crippen molar-refractivity contribution in [1.29, 1.82) is 0 Å². The maximum Gasteiger partial charge on any atom is 0.289 e. The van der Waals surface area contributed by atoms with Crippen molar-refractivity contribution in [3.63, 3.8) is 0 Å². The van der Waals surface area contributed by atoms with Crippen LogP contribution in [0.3, 0.4) is 0 Å². The summed E-state index contributed by atoms with van der Waals surface area (Å²) in [4.78, 5) is 10.2. The number of benzene rings is 1. The summed E-state index contributed by atoms with van der Waals surface area (Å²) in [6, 6.07) is 2.60. The molecule has 0 bridgehead atoms. The predicted molar refractivity (Wildman–Crippen MR) is 83.8 cm³/mol. The van der Waals surface area contributed by atoms with Crippen LogP contribution in [0.2, 0.25) is 0 Å². The number of rotatable bonds is 4. The minimum Gasteiger partial charge on any atom is -0.316 e. The molecule has 0 spiro atoms. The van der Waals surface area contributed by atoms with E-state index in [4.69, 9.17) is 0 Å². The standard InChI is InChI=1S/C13H17N3O4S.ClH/c1-7-3-11(16(17)18)12(4-8(7)2)21(19,20)15-13-9-5-14-6-10(9)13;/h3-4,9-10,13-15H,5-6H2,1-2H3;1H. The van der Waals surface area contributed by atoms with Gasteiger partial charge in [0.05, 0.1) is 4.92 Å². The van der Waals surface area contributed by atoms with Gasteiger partial charge in [-0.3, -0.25) is 10.1 Å². The molecule has 1 saturated heterocycles. The summed E-state index contributed by atoms with van der Waals surface area (Å²) in [5.74, 6) is 0.621. The topological polar surface area (TPSA) is 101 Å². The maximum atomic E-state index is 12.5. The molecule has 22 heavy (non-hydrogen) atoms. The molecule has 2 N–H and O–H groups in total. The third-order valence-corrected chi connectivity index (χ3v) is 5.93. The summed E-state index contributed by atoms with van der Waals surface area (Å²) >= 11 is 0.